The van der Waals surface area contributed by atoms with Gasteiger partial charge in [0, 0.05) is 16.8 Å². The first-order valence-electron chi connectivity index (χ1n) is 6.60. The number of nitrogens with zero attached hydrogens (tertiary/aromatic N) is 3. The Morgan fingerprint density at radius 2 is 2.05 bits per heavy atom. The van der Waals surface area contributed by atoms with Crippen molar-refractivity contribution in [2.24, 2.45) is 10.9 Å². The number of nitrogens with two attached hydrogens (primary N) is 1. The first-order chi connectivity index (χ1) is 10.1. The molecule has 0 bridgehead atoms. The van der Waals surface area contributed by atoms with Crippen LogP contribution in [0.4, 0.5) is 0 Å². The van der Waals surface area contributed by atoms with E-state index in [1.54, 1.807) is 24.3 Å². The maximum Gasteiger partial charge on any atom is 0.126 e. The molecule has 1 heterocycles. The summed E-state index contributed by atoms with van der Waals surface area (Å²) < 4.78 is 0. The van der Waals surface area contributed by atoms with Crippen LogP contribution in [0.5, 0.6) is 5.75 Å². The van der Waals surface area contributed by atoms with E-state index in [4.69, 9.17) is 5.84 Å². The van der Waals surface area contributed by atoms with E-state index in [0.717, 1.165) is 11.3 Å². The van der Waals surface area contributed by atoms with Crippen LogP contribution in [-0.4, -0.2) is 20.8 Å². The minimum atomic E-state index is 0.111. The predicted molar refractivity (Wildman–Crippen MR) is 83.3 cm³/mol. The van der Waals surface area contributed by atoms with E-state index in [1.807, 2.05) is 19.9 Å². The number of benzene rings is 1. The molecule has 0 aliphatic heterocycles. The summed E-state index contributed by atoms with van der Waals surface area (Å²) in [5.41, 5.74) is 3.38. The zero-order valence-electron chi connectivity index (χ0n) is 12.2. The Kier molecular flexibility index (Phi) is 4.33. The summed E-state index contributed by atoms with van der Waals surface area (Å²) in [6.45, 7) is 7.49. The highest BCUT2D eigenvalue weighted by molar-refractivity contribution is 6.14. The van der Waals surface area contributed by atoms with Crippen LogP contribution in [0.3, 0.4) is 0 Å². The van der Waals surface area contributed by atoms with Crippen LogP contribution in [0, 0.1) is 13.8 Å². The van der Waals surface area contributed by atoms with Gasteiger partial charge in [-0.2, -0.15) is 5.10 Å². The fourth-order valence-corrected chi connectivity index (χ4v) is 2.25. The highest BCUT2D eigenvalue weighted by Crippen LogP contribution is 2.23. The molecule has 5 nitrogen and oxygen atoms in total. The van der Waals surface area contributed by atoms with Gasteiger partial charge in [0.25, 0.3) is 0 Å². The standard InChI is InChI=1S/C16H18N4O/c1-4-7-12-10(2)18-11(3)19-15(12)16(20-17)13-8-5-6-9-14(13)21/h4-6,8-9,21H,1,7,17H2,2-3H3/b20-16+. The van der Waals surface area contributed by atoms with Gasteiger partial charge in [0.1, 0.15) is 17.3 Å². The summed E-state index contributed by atoms with van der Waals surface area (Å²) in [4.78, 5) is 8.83. The normalized spacial score (nSPS) is 11.4. The number of hydrazone groups is 1. The molecule has 21 heavy (non-hydrogen) atoms. The summed E-state index contributed by atoms with van der Waals surface area (Å²) in [6.07, 6.45) is 2.39. The van der Waals surface area contributed by atoms with E-state index in [-0.39, 0.29) is 5.75 Å². The fraction of sp³-hybridized carbons (Fsp3) is 0.188. The van der Waals surface area contributed by atoms with Crippen molar-refractivity contribution in [2.45, 2.75) is 20.3 Å². The van der Waals surface area contributed by atoms with Gasteiger partial charge in [0.05, 0.1) is 5.69 Å². The molecule has 0 saturated heterocycles. The lowest BCUT2D eigenvalue weighted by molar-refractivity contribution is 0.474. The molecule has 0 saturated carbocycles. The lowest BCUT2D eigenvalue weighted by atomic mass is 9.99. The topological polar surface area (TPSA) is 84.4 Å². The summed E-state index contributed by atoms with van der Waals surface area (Å²) in [5.74, 6) is 6.30. The van der Waals surface area contributed by atoms with Crippen molar-refractivity contribution in [3.8, 4) is 5.75 Å². The zero-order valence-corrected chi connectivity index (χ0v) is 12.2. The Labute approximate surface area is 123 Å². The number of aromatic nitrogens is 2. The quantitative estimate of drug-likeness (QED) is 0.390. The Bertz CT molecular complexity index is 707. The Morgan fingerprint density at radius 3 is 2.67 bits per heavy atom. The predicted octanol–water partition coefficient (Wildman–Crippen LogP) is 2.24. The maximum atomic E-state index is 10.0. The summed E-state index contributed by atoms with van der Waals surface area (Å²) in [6, 6.07) is 6.91. The van der Waals surface area contributed by atoms with Gasteiger partial charge < -0.3 is 10.9 Å². The van der Waals surface area contributed by atoms with E-state index in [0.29, 0.717) is 29.2 Å². The maximum absolute atomic E-state index is 10.0. The van der Waals surface area contributed by atoms with Crippen molar-refractivity contribution in [1.82, 2.24) is 9.97 Å². The lowest BCUT2D eigenvalue weighted by Crippen LogP contribution is -2.15. The van der Waals surface area contributed by atoms with Crippen LogP contribution in [0.25, 0.3) is 0 Å². The van der Waals surface area contributed by atoms with Crippen molar-refractivity contribution in [3.05, 3.63) is 65.3 Å². The van der Waals surface area contributed by atoms with Crippen molar-refractivity contribution in [2.75, 3.05) is 0 Å². The summed E-state index contributed by atoms with van der Waals surface area (Å²) in [7, 11) is 0. The van der Waals surface area contributed by atoms with Gasteiger partial charge in [0.15, 0.2) is 0 Å². The highest BCUT2D eigenvalue weighted by Gasteiger charge is 2.18. The van der Waals surface area contributed by atoms with Crippen LogP contribution in [-0.2, 0) is 6.42 Å². The van der Waals surface area contributed by atoms with Crippen molar-refractivity contribution < 1.29 is 5.11 Å². The molecule has 1 aromatic heterocycles. The number of hydrogen-bond donors (Lipinski definition) is 2. The Balaban J connectivity index is 2.69. The molecule has 2 rings (SSSR count). The van der Waals surface area contributed by atoms with E-state index >= 15 is 0 Å². The first-order valence-corrected chi connectivity index (χ1v) is 6.60. The molecular weight excluding hydrogens is 264 g/mol. The van der Waals surface area contributed by atoms with Crippen LogP contribution in [0.2, 0.25) is 0 Å². The molecule has 5 heteroatoms. The van der Waals surface area contributed by atoms with Gasteiger partial charge in [-0.05, 0) is 32.4 Å². The van der Waals surface area contributed by atoms with Gasteiger partial charge in [-0.3, -0.25) is 0 Å². The van der Waals surface area contributed by atoms with E-state index < -0.39 is 0 Å². The molecule has 0 amide bonds. The number of hydrogen-bond acceptors (Lipinski definition) is 5. The third-order valence-electron chi connectivity index (χ3n) is 3.19. The van der Waals surface area contributed by atoms with Crippen molar-refractivity contribution in [1.29, 1.82) is 0 Å². The van der Waals surface area contributed by atoms with Gasteiger partial charge >= 0.3 is 0 Å². The fourth-order valence-electron chi connectivity index (χ4n) is 2.25. The minimum Gasteiger partial charge on any atom is -0.507 e. The largest absolute Gasteiger partial charge is 0.507 e. The van der Waals surface area contributed by atoms with Crippen LogP contribution >= 0.6 is 0 Å². The number of aryl methyl sites for hydroxylation is 2. The van der Waals surface area contributed by atoms with Gasteiger partial charge in [-0.25, -0.2) is 9.97 Å². The smallest absolute Gasteiger partial charge is 0.126 e. The number of para-hydroxylation sites is 1. The van der Waals surface area contributed by atoms with Gasteiger partial charge in [-0.15, -0.1) is 6.58 Å². The monoisotopic (exact) mass is 282 g/mol. The molecule has 0 aliphatic rings. The molecule has 3 N–H and O–H groups in total. The first kappa shape index (κ1) is 14.7. The lowest BCUT2D eigenvalue weighted by Gasteiger charge is -2.13. The summed E-state index contributed by atoms with van der Waals surface area (Å²) in [5, 5.41) is 13.9. The van der Waals surface area contributed by atoms with E-state index in [1.165, 1.54) is 0 Å². The molecule has 0 fully saturated rings. The van der Waals surface area contributed by atoms with E-state index in [2.05, 4.69) is 21.6 Å². The second kappa shape index (κ2) is 6.17. The molecule has 0 atom stereocenters. The molecule has 0 unspecified atom stereocenters. The average Bonchev–Trinajstić information content (AvgIpc) is 2.45. The number of allylic oxidation sites excluding steroid dienone is 1. The average molecular weight is 282 g/mol. The van der Waals surface area contributed by atoms with Crippen LogP contribution in [0.15, 0.2) is 42.0 Å². The second-order valence-corrected chi connectivity index (χ2v) is 4.67. The number of rotatable bonds is 4. The Hall–Kier alpha value is -2.69. The third-order valence-corrected chi connectivity index (χ3v) is 3.19. The molecule has 108 valence electrons. The van der Waals surface area contributed by atoms with Crippen molar-refractivity contribution >= 4 is 5.71 Å². The van der Waals surface area contributed by atoms with Gasteiger partial charge in [0.2, 0.25) is 0 Å². The molecule has 0 spiro atoms. The molecule has 1 aromatic carbocycles. The molecule has 0 aliphatic carbocycles. The number of phenols is 1. The SMILES string of the molecule is C=CCc1c(C)nc(C)nc1/C(=N/N)c1ccccc1O. The van der Waals surface area contributed by atoms with Crippen molar-refractivity contribution in [3.63, 3.8) is 0 Å². The van der Waals surface area contributed by atoms with Gasteiger partial charge in [-0.1, -0.05) is 18.2 Å². The number of phenolic OH excluding ortho intramolecular Hbond substituents is 1. The summed E-state index contributed by atoms with van der Waals surface area (Å²) >= 11 is 0. The van der Waals surface area contributed by atoms with Crippen LogP contribution in [0.1, 0.15) is 28.3 Å². The van der Waals surface area contributed by atoms with Crippen LogP contribution < -0.4 is 5.84 Å². The number of aromatic hydroxyl groups is 1. The zero-order chi connectivity index (χ0) is 15.4. The highest BCUT2D eigenvalue weighted by atomic mass is 16.3. The third kappa shape index (κ3) is 2.91. The van der Waals surface area contributed by atoms with E-state index in [9.17, 15) is 5.11 Å². The second-order valence-electron chi connectivity index (χ2n) is 4.67. The molecular formula is C16H18N4O. The Morgan fingerprint density at radius 1 is 1.33 bits per heavy atom. The molecule has 2 aromatic rings. The minimum absolute atomic E-state index is 0.111. The molecule has 0 radical (unpaired) electrons.